The molecule has 11 nitrogen and oxygen atoms in total. The summed E-state index contributed by atoms with van der Waals surface area (Å²) in [5.41, 5.74) is 5.39. The van der Waals surface area contributed by atoms with Crippen molar-refractivity contribution in [3.05, 3.63) is 149 Å². The molecule has 0 heterocycles. The van der Waals surface area contributed by atoms with Gasteiger partial charge in [0.15, 0.2) is 0 Å². The van der Waals surface area contributed by atoms with E-state index in [0.29, 0.717) is 31.7 Å². The quantitative estimate of drug-likeness (QED) is 0.0830. The zero-order valence-corrected chi connectivity index (χ0v) is 36.3. The Labute approximate surface area is 358 Å². The summed E-state index contributed by atoms with van der Waals surface area (Å²) in [6.07, 6.45) is 0. The molecule has 16 heteroatoms. The van der Waals surface area contributed by atoms with Crippen molar-refractivity contribution in [2.45, 2.75) is 47.5 Å². The van der Waals surface area contributed by atoms with Crippen LogP contribution in [0.2, 0.25) is 0 Å². The van der Waals surface area contributed by atoms with E-state index < -0.39 is 36.3 Å². The minimum Gasteiger partial charge on any atom is -1.00 e. The molecule has 0 fully saturated rings. The van der Waals surface area contributed by atoms with E-state index in [9.17, 15) is 38.9 Å². The second kappa shape index (κ2) is 18.8. The van der Waals surface area contributed by atoms with E-state index in [4.69, 9.17) is 0 Å². The van der Waals surface area contributed by atoms with E-state index in [0.717, 1.165) is 33.6 Å². The zero-order chi connectivity index (χ0) is 37.0. The molecule has 0 aliphatic rings. The van der Waals surface area contributed by atoms with Gasteiger partial charge in [0.2, 0.25) is 0 Å². The number of rotatable bonds is 14. The smallest absolute Gasteiger partial charge is 1.00 e. The second-order valence-electron chi connectivity index (χ2n) is 11.9. The van der Waals surface area contributed by atoms with Crippen LogP contribution in [0, 0.1) is 0 Å². The van der Waals surface area contributed by atoms with E-state index >= 15 is 0 Å². The van der Waals surface area contributed by atoms with Gasteiger partial charge in [-0.2, -0.15) is 25.3 Å². The zero-order valence-electron chi connectivity index (χ0n) is 31.9. The molecule has 5 rings (SSSR count). The Balaban J connectivity index is 0.00000378. The number of hydrogen-bond donors (Lipinski definition) is 3. The van der Waals surface area contributed by atoms with Gasteiger partial charge in [-0.25, -0.2) is 0 Å². The van der Waals surface area contributed by atoms with Crippen LogP contribution in [0.4, 0.5) is 11.4 Å². The van der Waals surface area contributed by atoms with Gasteiger partial charge in [-0.3, -0.25) is 13.7 Å². The first-order valence-electron chi connectivity index (χ1n) is 16.0. The van der Waals surface area contributed by atoms with Gasteiger partial charge in [0.1, 0.15) is 0 Å². The van der Waals surface area contributed by atoms with Gasteiger partial charge in [-0.05, 0) is 96.3 Å². The number of benzene rings is 5. The molecule has 0 saturated carbocycles. The fraction of sp³-hybridized carbons (Fsp3) is 0.189. The minimum absolute atomic E-state index is 0. The summed E-state index contributed by atoms with van der Waals surface area (Å²) in [4.78, 5) is 3.60. The largest absolute Gasteiger partial charge is 1.00 e. The first-order chi connectivity index (χ1) is 24.1. The van der Waals surface area contributed by atoms with Crippen LogP contribution in [0.5, 0.6) is 0 Å². The van der Waals surface area contributed by atoms with Crippen molar-refractivity contribution in [1.29, 1.82) is 0 Å². The van der Waals surface area contributed by atoms with Gasteiger partial charge < -0.3 is 12.7 Å². The van der Waals surface area contributed by atoms with Gasteiger partial charge in [0, 0.05) is 43.5 Å². The standard InChI is InChI=1S/C37H38N2O9S3.2Na.2H/c1-3-38(25-27-9-21-33(22-10-27)49(40,41)42)31-17-13-29(14-18-31)37(35-7-5-6-8-36(35)51(46,47)48)30-15-19-32(20-16-30)39(4-2)26-28-11-23-34(24-12-28)50(43,44)45;;;;/h5-24,37H,3-4,25-26H2,1-2H3,(H,40,41,42)(H,43,44,45)(H,46,47,48);;;;/q;2*+1;2*-1. The predicted octanol–water partition coefficient (Wildman–Crippen LogP) is 0.893. The molecule has 0 amide bonds. The van der Waals surface area contributed by atoms with Gasteiger partial charge in [0.25, 0.3) is 30.4 Å². The van der Waals surface area contributed by atoms with Crippen LogP contribution in [0.1, 0.15) is 50.4 Å². The first kappa shape index (κ1) is 44.8. The monoisotopic (exact) mass is 798 g/mol. The summed E-state index contributed by atoms with van der Waals surface area (Å²) in [6, 6.07) is 33.7. The average molecular weight is 799 g/mol. The van der Waals surface area contributed by atoms with Crippen molar-refractivity contribution in [3.63, 3.8) is 0 Å². The number of hydrogen-bond acceptors (Lipinski definition) is 8. The normalized spacial score (nSPS) is 11.7. The van der Waals surface area contributed by atoms with Crippen molar-refractivity contribution in [3.8, 4) is 0 Å². The molecule has 0 radical (unpaired) electrons. The molecule has 5 aromatic rings. The fourth-order valence-corrected chi connectivity index (χ4v) is 7.70. The Morgan fingerprint density at radius 3 is 1.19 bits per heavy atom. The van der Waals surface area contributed by atoms with Gasteiger partial charge in [-0.1, -0.05) is 66.7 Å². The van der Waals surface area contributed by atoms with Crippen molar-refractivity contribution in [2.24, 2.45) is 0 Å². The molecular formula is C37H40N2Na2O9S3. The Kier molecular flexibility index (Phi) is 15.9. The van der Waals surface area contributed by atoms with E-state index in [2.05, 4.69) is 9.80 Å². The molecule has 0 aliphatic carbocycles. The van der Waals surface area contributed by atoms with E-state index in [1.165, 1.54) is 30.3 Å². The van der Waals surface area contributed by atoms with Gasteiger partial charge in [0.05, 0.1) is 14.7 Å². The first-order valence-corrected chi connectivity index (χ1v) is 20.3. The van der Waals surface area contributed by atoms with Crippen molar-refractivity contribution >= 4 is 41.7 Å². The SMILES string of the molecule is CCN(Cc1ccc(S(=O)(=O)O)cc1)c1ccc(C(c2ccc(N(CC)Cc3ccc(S(=O)(=O)O)cc3)cc2)c2ccccc2S(=O)(=O)O)cc1.[H-].[H-].[Na+].[Na+]. The van der Waals surface area contributed by atoms with E-state index in [1.807, 2.05) is 62.4 Å². The number of anilines is 2. The maximum Gasteiger partial charge on any atom is 1.00 e. The molecule has 3 N–H and O–H groups in total. The van der Waals surface area contributed by atoms with Crippen LogP contribution >= 0.6 is 0 Å². The van der Waals surface area contributed by atoms with Crippen LogP contribution < -0.4 is 68.9 Å². The summed E-state index contributed by atoms with van der Waals surface area (Å²) in [6.45, 7) is 6.18. The van der Waals surface area contributed by atoms with Crippen molar-refractivity contribution in [2.75, 3.05) is 22.9 Å². The molecule has 272 valence electrons. The molecular weight excluding hydrogens is 759 g/mol. The van der Waals surface area contributed by atoms with Crippen LogP contribution in [-0.2, 0) is 43.4 Å². The number of nitrogens with zero attached hydrogens (tertiary/aromatic N) is 2. The van der Waals surface area contributed by atoms with Gasteiger partial charge in [-0.15, -0.1) is 0 Å². The second-order valence-corrected chi connectivity index (χ2v) is 16.1. The van der Waals surface area contributed by atoms with Crippen LogP contribution in [0.25, 0.3) is 0 Å². The van der Waals surface area contributed by atoms with Crippen LogP contribution in [0.15, 0.2) is 136 Å². The Bertz CT molecular complexity index is 2190. The third kappa shape index (κ3) is 11.5. The molecule has 0 aliphatic heterocycles. The Morgan fingerprint density at radius 2 is 0.868 bits per heavy atom. The summed E-state index contributed by atoms with van der Waals surface area (Å²) in [7, 11) is -13.2. The third-order valence-electron chi connectivity index (χ3n) is 8.64. The third-order valence-corrected chi connectivity index (χ3v) is 11.3. The maximum absolute atomic E-state index is 12.5. The van der Waals surface area contributed by atoms with E-state index in [-0.39, 0.29) is 76.7 Å². The van der Waals surface area contributed by atoms with Crippen LogP contribution in [0.3, 0.4) is 0 Å². The molecule has 0 atom stereocenters. The minimum atomic E-state index is -4.56. The molecule has 53 heavy (non-hydrogen) atoms. The summed E-state index contributed by atoms with van der Waals surface area (Å²) in [5.74, 6) is -0.572. The topological polar surface area (TPSA) is 170 Å². The Hall–Kier alpha value is -2.57. The molecule has 0 spiro atoms. The predicted molar refractivity (Wildman–Crippen MR) is 198 cm³/mol. The van der Waals surface area contributed by atoms with Crippen molar-refractivity contribution in [1.82, 2.24) is 0 Å². The fourth-order valence-electron chi connectivity index (χ4n) is 6.01. The molecule has 0 saturated heterocycles. The molecule has 0 bridgehead atoms. The Morgan fingerprint density at radius 1 is 0.509 bits per heavy atom. The van der Waals surface area contributed by atoms with Gasteiger partial charge >= 0.3 is 59.1 Å². The van der Waals surface area contributed by atoms with Crippen molar-refractivity contribution < 1.29 is 101 Å². The maximum atomic E-state index is 12.5. The molecule has 0 aromatic heterocycles. The molecule has 5 aromatic carbocycles. The van der Waals surface area contributed by atoms with Crippen LogP contribution in [-0.4, -0.2) is 52.0 Å². The summed E-state index contributed by atoms with van der Waals surface area (Å²) in [5, 5.41) is 0. The molecule has 0 unspecified atom stereocenters. The summed E-state index contributed by atoms with van der Waals surface area (Å²) < 4.78 is 99.6. The summed E-state index contributed by atoms with van der Waals surface area (Å²) >= 11 is 0. The average Bonchev–Trinajstić information content (AvgIpc) is 3.10. The van der Waals surface area contributed by atoms with E-state index in [1.54, 1.807) is 42.5 Å².